The Morgan fingerprint density at radius 1 is 1.19 bits per heavy atom. The zero-order valence-electron chi connectivity index (χ0n) is 16.3. The van der Waals surface area contributed by atoms with Crippen molar-refractivity contribution >= 4 is 18.0 Å². The molecule has 4 rings (SSSR count). The molecule has 5 nitrogen and oxygen atoms in total. The molecule has 2 aliphatic carbocycles. The molecule has 5 heteroatoms. The van der Waals surface area contributed by atoms with Gasteiger partial charge >= 0.3 is 0 Å². The van der Waals surface area contributed by atoms with Crippen molar-refractivity contribution in [2.24, 2.45) is 28.8 Å². The van der Waals surface area contributed by atoms with E-state index in [4.69, 9.17) is 4.74 Å². The van der Waals surface area contributed by atoms with Crippen molar-refractivity contribution in [1.29, 1.82) is 0 Å². The molecule has 27 heavy (non-hydrogen) atoms. The lowest BCUT2D eigenvalue weighted by Crippen LogP contribution is -2.28. The van der Waals surface area contributed by atoms with Gasteiger partial charge in [0.05, 0.1) is 24.7 Å². The Bertz CT molecular complexity index is 825. The third kappa shape index (κ3) is 2.80. The van der Waals surface area contributed by atoms with Crippen LogP contribution < -0.4 is 4.74 Å². The van der Waals surface area contributed by atoms with Crippen LogP contribution in [-0.2, 0) is 9.59 Å². The van der Waals surface area contributed by atoms with Gasteiger partial charge in [0.2, 0.25) is 0 Å². The minimum atomic E-state index is -0.211. The van der Waals surface area contributed by atoms with Gasteiger partial charge in [-0.1, -0.05) is 26.0 Å². The molecule has 142 valence electrons. The van der Waals surface area contributed by atoms with Crippen molar-refractivity contribution in [3.8, 4) is 5.75 Å². The summed E-state index contributed by atoms with van der Waals surface area (Å²) in [5.74, 6) is 0.877. The van der Waals surface area contributed by atoms with E-state index in [0.29, 0.717) is 12.5 Å². The third-order valence-corrected chi connectivity index (χ3v) is 6.08. The standard InChI is InChI=1S/C22H26N2O3/c1-5-27-18-8-13(4)16(10-17(18)12(2)3)11-23-24-21(25)19-14-6-7-15(9-14)20(19)22(24)26/h6-8,10-12,14-15,19-20H,5,9H2,1-4H3. The van der Waals surface area contributed by atoms with Crippen molar-refractivity contribution in [3.63, 3.8) is 0 Å². The second kappa shape index (κ2) is 6.63. The van der Waals surface area contributed by atoms with Gasteiger partial charge in [0.25, 0.3) is 11.8 Å². The highest BCUT2D eigenvalue weighted by molar-refractivity contribution is 6.06. The Labute approximate surface area is 160 Å². The molecule has 1 aromatic carbocycles. The number of amides is 2. The summed E-state index contributed by atoms with van der Waals surface area (Å²) < 4.78 is 5.76. The average Bonchev–Trinajstić information content (AvgIpc) is 3.29. The molecule has 1 saturated carbocycles. The number of hydrogen-bond donors (Lipinski definition) is 0. The van der Waals surface area contributed by atoms with Crippen LogP contribution in [-0.4, -0.2) is 29.6 Å². The number of carbonyl (C=O) groups is 2. The number of benzene rings is 1. The summed E-state index contributed by atoms with van der Waals surface area (Å²) in [5.41, 5.74) is 3.01. The highest BCUT2D eigenvalue weighted by Gasteiger charge is 2.59. The van der Waals surface area contributed by atoms with Crippen molar-refractivity contribution in [2.75, 3.05) is 6.61 Å². The van der Waals surface area contributed by atoms with Crippen LogP contribution in [0.25, 0.3) is 0 Å². The molecular weight excluding hydrogens is 340 g/mol. The Morgan fingerprint density at radius 2 is 1.81 bits per heavy atom. The normalized spacial score (nSPS) is 28.9. The Kier molecular flexibility index (Phi) is 4.41. The van der Waals surface area contributed by atoms with Crippen molar-refractivity contribution in [2.45, 2.75) is 40.0 Å². The number of hydrazone groups is 1. The zero-order valence-corrected chi connectivity index (χ0v) is 16.3. The number of aryl methyl sites for hydroxylation is 1. The average molecular weight is 366 g/mol. The van der Waals surface area contributed by atoms with E-state index in [1.165, 1.54) is 0 Å². The Balaban J connectivity index is 1.61. The zero-order chi connectivity index (χ0) is 19.3. The molecule has 0 aromatic heterocycles. The van der Waals surface area contributed by atoms with Crippen LogP contribution in [0.4, 0.5) is 0 Å². The van der Waals surface area contributed by atoms with Crippen LogP contribution in [0, 0.1) is 30.6 Å². The number of ether oxygens (including phenoxy) is 1. The van der Waals surface area contributed by atoms with Gasteiger partial charge in [0.15, 0.2) is 0 Å². The number of carbonyl (C=O) groups excluding carboxylic acids is 2. The van der Waals surface area contributed by atoms with Gasteiger partial charge in [-0.05, 0) is 66.8 Å². The summed E-state index contributed by atoms with van der Waals surface area (Å²) in [7, 11) is 0. The topological polar surface area (TPSA) is 59.0 Å². The van der Waals surface area contributed by atoms with Crippen LogP contribution in [0.15, 0.2) is 29.4 Å². The number of nitrogens with zero attached hydrogens (tertiary/aromatic N) is 2. The molecule has 3 aliphatic rings. The molecule has 1 aliphatic heterocycles. The molecule has 4 unspecified atom stereocenters. The molecule has 1 saturated heterocycles. The lowest BCUT2D eigenvalue weighted by Gasteiger charge is -2.16. The van der Waals surface area contributed by atoms with Crippen LogP contribution >= 0.6 is 0 Å². The number of fused-ring (bicyclic) bond motifs is 5. The largest absolute Gasteiger partial charge is 0.494 e. The van der Waals surface area contributed by atoms with Gasteiger partial charge in [0.1, 0.15) is 5.75 Å². The first-order valence-corrected chi connectivity index (χ1v) is 9.79. The van der Waals surface area contributed by atoms with Crippen LogP contribution in [0.3, 0.4) is 0 Å². The highest BCUT2D eigenvalue weighted by Crippen LogP contribution is 2.52. The number of hydrogen-bond acceptors (Lipinski definition) is 4. The number of imide groups is 1. The van der Waals surface area contributed by atoms with Gasteiger partial charge in [-0.3, -0.25) is 9.59 Å². The Morgan fingerprint density at radius 3 is 2.37 bits per heavy atom. The molecule has 1 heterocycles. The highest BCUT2D eigenvalue weighted by atomic mass is 16.5. The maximum atomic E-state index is 12.7. The van der Waals surface area contributed by atoms with E-state index in [2.05, 4.69) is 31.1 Å². The van der Waals surface area contributed by atoms with Gasteiger partial charge in [-0.2, -0.15) is 10.1 Å². The maximum absolute atomic E-state index is 12.7. The Hall–Kier alpha value is -2.43. The fourth-order valence-electron chi connectivity index (χ4n) is 4.71. The minimum Gasteiger partial charge on any atom is -0.494 e. The van der Waals surface area contributed by atoms with Gasteiger partial charge in [-0.25, -0.2) is 0 Å². The quantitative estimate of drug-likeness (QED) is 0.454. The number of allylic oxidation sites excluding steroid dienone is 2. The van der Waals surface area contributed by atoms with Crippen LogP contribution in [0.2, 0.25) is 0 Å². The van der Waals surface area contributed by atoms with Gasteiger partial charge < -0.3 is 4.74 Å². The monoisotopic (exact) mass is 366 g/mol. The van der Waals surface area contributed by atoms with E-state index < -0.39 is 0 Å². The molecule has 1 aromatic rings. The first-order valence-electron chi connectivity index (χ1n) is 9.79. The molecule has 2 amide bonds. The SMILES string of the molecule is CCOc1cc(C)c(C=NN2C(=O)C3C4C=CC(C4)C3C2=O)cc1C(C)C. The summed E-state index contributed by atoms with van der Waals surface area (Å²) in [6.45, 7) is 8.80. The first kappa shape index (κ1) is 18.0. The molecule has 0 N–H and O–H groups in total. The van der Waals surface area contributed by atoms with Crippen molar-refractivity contribution in [3.05, 3.63) is 41.0 Å². The summed E-state index contributed by atoms with van der Waals surface area (Å²) in [4.78, 5) is 25.5. The lowest BCUT2D eigenvalue weighted by molar-refractivity contribution is -0.140. The van der Waals surface area contributed by atoms with Crippen LogP contribution in [0.5, 0.6) is 5.75 Å². The van der Waals surface area contributed by atoms with E-state index in [1.807, 2.05) is 26.0 Å². The van der Waals surface area contributed by atoms with E-state index in [-0.39, 0.29) is 35.5 Å². The fourth-order valence-corrected chi connectivity index (χ4v) is 4.71. The lowest BCUT2D eigenvalue weighted by atomic mass is 9.85. The van der Waals surface area contributed by atoms with Crippen molar-refractivity contribution in [1.82, 2.24) is 5.01 Å². The second-order valence-corrected chi connectivity index (χ2v) is 8.07. The summed E-state index contributed by atoms with van der Waals surface area (Å²) in [6.07, 6.45) is 6.76. The smallest absolute Gasteiger partial charge is 0.254 e. The summed E-state index contributed by atoms with van der Waals surface area (Å²) in [6, 6.07) is 4.05. The summed E-state index contributed by atoms with van der Waals surface area (Å²) >= 11 is 0. The molecule has 0 spiro atoms. The van der Waals surface area contributed by atoms with Gasteiger partial charge in [-0.15, -0.1) is 0 Å². The molecule has 2 fully saturated rings. The molecular formula is C22H26N2O3. The predicted molar refractivity (Wildman–Crippen MR) is 104 cm³/mol. The number of rotatable bonds is 5. The molecule has 0 radical (unpaired) electrons. The third-order valence-electron chi connectivity index (χ3n) is 6.08. The second-order valence-electron chi connectivity index (χ2n) is 8.07. The van der Waals surface area contributed by atoms with Gasteiger partial charge in [0, 0.05) is 0 Å². The molecule has 4 atom stereocenters. The minimum absolute atomic E-state index is 0.147. The van der Waals surface area contributed by atoms with E-state index in [0.717, 1.165) is 33.9 Å². The first-order chi connectivity index (χ1) is 12.9. The maximum Gasteiger partial charge on any atom is 0.254 e. The summed E-state index contributed by atoms with van der Waals surface area (Å²) in [5, 5.41) is 5.42. The predicted octanol–water partition coefficient (Wildman–Crippen LogP) is 3.66. The van der Waals surface area contributed by atoms with E-state index in [1.54, 1.807) is 6.21 Å². The molecule has 2 bridgehead atoms. The fraction of sp³-hybridized carbons (Fsp3) is 0.500. The van der Waals surface area contributed by atoms with E-state index >= 15 is 0 Å². The van der Waals surface area contributed by atoms with E-state index in [9.17, 15) is 9.59 Å². The van der Waals surface area contributed by atoms with Crippen LogP contribution in [0.1, 0.15) is 49.8 Å². The van der Waals surface area contributed by atoms with Crippen molar-refractivity contribution < 1.29 is 14.3 Å².